The number of fused-ring (bicyclic) bond motifs is 2. The van der Waals surface area contributed by atoms with E-state index >= 15 is 0 Å². The standard InChI is InChI=1S/C20H30O4/c1-10-6-7-13-14(19(13,4)5)8-11(2)18(23)20(24)9-12(3)17(22)15(20)16(10)21/h8,12-17,21-22,24H,1,6-7,9H2,2-5H3/b11-8+/t12-,13-,14+,15-,16+,17-,20+/m1/s1. The summed E-state index contributed by atoms with van der Waals surface area (Å²) in [5, 5.41) is 32.4. The highest BCUT2D eigenvalue weighted by atomic mass is 16.3. The summed E-state index contributed by atoms with van der Waals surface area (Å²) < 4.78 is 0. The van der Waals surface area contributed by atoms with E-state index in [2.05, 4.69) is 20.4 Å². The van der Waals surface area contributed by atoms with Crippen molar-refractivity contribution in [1.29, 1.82) is 0 Å². The molecule has 2 saturated carbocycles. The van der Waals surface area contributed by atoms with Crippen LogP contribution in [-0.2, 0) is 4.79 Å². The monoisotopic (exact) mass is 334 g/mol. The SMILES string of the molecule is C=C1CC[C@@H]2[C@H](/C=C(\C)C(=O)[C@]3(O)C[C@@H](C)[C@@H](O)[C@H]3[C@H]1O)C2(C)C. The van der Waals surface area contributed by atoms with Crippen molar-refractivity contribution in [3.05, 3.63) is 23.8 Å². The zero-order chi connectivity index (χ0) is 18.0. The van der Waals surface area contributed by atoms with Gasteiger partial charge in [-0.15, -0.1) is 0 Å². The minimum Gasteiger partial charge on any atom is -0.392 e. The van der Waals surface area contributed by atoms with Crippen molar-refractivity contribution in [3.8, 4) is 0 Å². The highest BCUT2D eigenvalue weighted by Crippen LogP contribution is 2.62. The Bertz CT molecular complexity index is 605. The summed E-state index contributed by atoms with van der Waals surface area (Å²) in [7, 11) is 0. The molecule has 3 rings (SSSR count). The van der Waals surface area contributed by atoms with Gasteiger partial charge in [0.05, 0.1) is 18.1 Å². The number of ketones is 1. The van der Waals surface area contributed by atoms with Crippen molar-refractivity contribution in [3.63, 3.8) is 0 Å². The van der Waals surface area contributed by atoms with Crippen molar-refractivity contribution in [2.24, 2.45) is 29.1 Å². The third-order valence-corrected chi connectivity index (χ3v) is 6.99. The Labute approximate surface area is 144 Å². The number of hydrogen-bond acceptors (Lipinski definition) is 4. The number of aliphatic hydroxyl groups excluding tert-OH is 2. The molecule has 3 aliphatic rings. The Morgan fingerprint density at radius 1 is 1.29 bits per heavy atom. The topological polar surface area (TPSA) is 77.8 Å². The summed E-state index contributed by atoms with van der Waals surface area (Å²) in [6.45, 7) is 11.9. The lowest BCUT2D eigenvalue weighted by Gasteiger charge is -2.34. The maximum absolute atomic E-state index is 13.0. The first-order valence-electron chi connectivity index (χ1n) is 9.01. The molecule has 0 amide bonds. The van der Waals surface area contributed by atoms with Crippen molar-refractivity contribution in [1.82, 2.24) is 0 Å². The summed E-state index contributed by atoms with van der Waals surface area (Å²) >= 11 is 0. The Hall–Kier alpha value is -0.970. The second kappa shape index (κ2) is 5.52. The van der Waals surface area contributed by atoms with Gasteiger partial charge in [0, 0.05) is 0 Å². The van der Waals surface area contributed by atoms with Gasteiger partial charge in [-0.1, -0.05) is 33.4 Å². The van der Waals surface area contributed by atoms with Gasteiger partial charge in [-0.05, 0) is 60.5 Å². The number of carbonyl (C=O) groups excluding carboxylic acids is 1. The van der Waals surface area contributed by atoms with E-state index in [-0.39, 0.29) is 23.5 Å². The Balaban J connectivity index is 2.04. The number of Topliss-reactive ketones (excluding diaryl/α,β-unsaturated/α-hetero) is 1. The van der Waals surface area contributed by atoms with Gasteiger partial charge >= 0.3 is 0 Å². The second-order valence-corrected chi connectivity index (χ2v) is 8.90. The van der Waals surface area contributed by atoms with Crippen LogP contribution in [0, 0.1) is 29.1 Å². The van der Waals surface area contributed by atoms with E-state index in [1.165, 1.54) is 0 Å². The van der Waals surface area contributed by atoms with E-state index in [9.17, 15) is 20.1 Å². The third kappa shape index (κ3) is 2.42. The molecule has 0 aromatic carbocycles. The van der Waals surface area contributed by atoms with Crippen LogP contribution in [0.15, 0.2) is 23.8 Å². The zero-order valence-corrected chi connectivity index (χ0v) is 15.1. The van der Waals surface area contributed by atoms with Gasteiger partial charge in [-0.2, -0.15) is 0 Å². The molecule has 4 heteroatoms. The van der Waals surface area contributed by atoms with Crippen LogP contribution < -0.4 is 0 Å². The molecule has 0 aliphatic heterocycles. The van der Waals surface area contributed by atoms with Crippen LogP contribution in [0.4, 0.5) is 0 Å². The molecule has 0 radical (unpaired) electrons. The molecule has 0 aromatic heterocycles. The molecule has 3 N–H and O–H groups in total. The fraction of sp³-hybridized carbons (Fsp3) is 0.750. The molecular formula is C20H30O4. The smallest absolute Gasteiger partial charge is 0.190 e. The number of carbonyl (C=O) groups is 1. The van der Waals surface area contributed by atoms with Crippen LogP contribution in [0.1, 0.15) is 47.0 Å². The average Bonchev–Trinajstić information content (AvgIpc) is 2.91. The van der Waals surface area contributed by atoms with E-state index in [0.717, 1.165) is 6.42 Å². The van der Waals surface area contributed by atoms with Crippen molar-refractivity contribution >= 4 is 5.78 Å². The molecule has 7 atom stereocenters. The van der Waals surface area contributed by atoms with Crippen LogP contribution in [0.25, 0.3) is 0 Å². The summed E-state index contributed by atoms with van der Waals surface area (Å²) in [5.41, 5.74) is -0.429. The van der Waals surface area contributed by atoms with Crippen molar-refractivity contribution in [2.45, 2.75) is 64.8 Å². The van der Waals surface area contributed by atoms with Gasteiger partial charge in [0.1, 0.15) is 5.60 Å². The number of rotatable bonds is 0. The predicted molar refractivity (Wildman–Crippen MR) is 92.1 cm³/mol. The maximum atomic E-state index is 13.0. The van der Waals surface area contributed by atoms with Gasteiger partial charge in [-0.3, -0.25) is 4.79 Å². The normalized spacial score (nSPS) is 50.4. The summed E-state index contributed by atoms with van der Waals surface area (Å²) in [5.74, 6) is -0.729. The maximum Gasteiger partial charge on any atom is 0.190 e. The molecule has 0 bridgehead atoms. The Kier molecular flexibility index (Phi) is 4.10. The molecule has 0 saturated heterocycles. The van der Waals surface area contributed by atoms with Gasteiger partial charge < -0.3 is 15.3 Å². The summed E-state index contributed by atoms with van der Waals surface area (Å²) in [4.78, 5) is 13.0. The largest absolute Gasteiger partial charge is 0.392 e. The fourth-order valence-electron chi connectivity index (χ4n) is 5.17. The molecule has 3 aliphatic carbocycles. The first-order chi connectivity index (χ1) is 11.0. The van der Waals surface area contributed by atoms with E-state index in [1.807, 2.05) is 13.0 Å². The van der Waals surface area contributed by atoms with Gasteiger partial charge in [0.15, 0.2) is 5.78 Å². The number of hydrogen-bond donors (Lipinski definition) is 3. The quantitative estimate of drug-likeness (QED) is 0.594. The molecular weight excluding hydrogens is 304 g/mol. The van der Waals surface area contributed by atoms with Crippen LogP contribution in [0.5, 0.6) is 0 Å². The summed E-state index contributed by atoms with van der Waals surface area (Å²) in [6.07, 6.45) is 1.75. The lowest BCUT2D eigenvalue weighted by molar-refractivity contribution is -0.144. The Morgan fingerprint density at radius 3 is 2.54 bits per heavy atom. The zero-order valence-electron chi connectivity index (χ0n) is 15.1. The number of aliphatic hydroxyl groups is 3. The molecule has 0 aromatic rings. The molecule has 24 heavy (non-hydrogen) atoms. The van der Waals surface area contributed by atoms with E-state index in [4.69, 9.17) is 0 Å². The molecule has 134 valence electrons. The first-order valence-corrected chi connectivity index (χ1v) is 9.01. The average molecular weight is 334 g/mol. The van der Waals surface area contributed by atoms with Crippen LogP contribution >= 0.6 is 0 Å². The third-order valence-electron chi connectivity index (χ3n) is 6.99. The van der Waals surface area contributed by atoms with Gasteiger partial charge in [-0.25, -0.2) is 0 Å². The minimum absolute atomic E-state index is 0.135. The molecule has 4 nitrogen and oxygen atoms in total. The predicted octanol–water partition coefficient (Wildman–Crippen LogP) is 2.23. The van der Waals surface area contributed by atoms with Crippen molar-refractivity contribution in [2.75, 3.05) is 0 Å². The van der Waals surface area contributed by atoms with E-state index < -0.39 is 23.7 Å². The van der Waals surface area contributed by atoms with Gasteiger partial charge in [0.2, 0.25) is 0 Å². The second-order valence-electron chi connectivity index (χ2n) is 8.90. The van der Waals surface area contributed by atoms with Crippen LogP contribution in [0.3, 0.4) is 0 Å². The van der Waals surface area contributed by atoms with Gasteiger partial charge in [0.25, 0.3) is 0 Å². The molecule has 2 fully saturated rings. The highest BCUT2D eigenvalue weighted by molar-refractivity contribution is 6.02. The summed E-state index contributed by atoms with van der Waals surface area (Å²) in [6, 6.07) is 0. The molecule has 0 unspecified atom stereocenters. The van der Waals surface area contributed by atoms with Crippen LogP contribution in [0.2, 0.25) is 0 Å². The minimum atomic E-state index is -1.72. The fourth-order valence-corrected chi connectivity index (χ4v) is 5.17. The van der Waals surface area contributed by atoms with E-state index in [0.29, 0.717) is 29.4 Å². The number of allylic oxidation sites excluding steroid dienone is 1. The first kappa shape index (κ1) is 17.8. The van der Waals surface area contributed by atoms with Crippen LogP contribution in [-0.4, -0.2) is 38.9 Å². The molecule has 0 heterocycles. The van der Waals surface area contributed by atoms with E-state index in [1.54, 1.807) is 6.92 Å². The Morgan fingerprint density at radius 2 is 1.92 bits per heavy atom. The molecule has 0 spiro atoms. The lowest BCUT2D eigenvalue weighted by Crippen LogP contribution is -2.50. The lowest BCUT2D eigenvalue weighted by atomic mass is 9.77. The van der Waals surface area contributed by atoms with Crippen molar-refractivity contribution < 1.29 is 20.1 Å². The highest BCUT2D eigenvalue weighted by Gasteiger charge is 2.60.